The number of ether oxygens (including phenoxy) is 1. The van der Waals surface area contributed by atoms with E-state index in [0.717, 1.165) is 16.5 Å². The maximum absolute atomic E-state index is 13.1. The summed E-state index contributed by atoms with van der Waals surface area (Å²) in [5.74, 6) is 0.454. The zero-order chi connectivity index (χ0) is 23.0. The van der Waals surface area contributed by atoms with E-state index in [1.54, 1.807) is 19.1 Å². The summed E-state index contributed by atoms with van der Waals surface area (Å²) in [7, 11) is 0. The number of rotatable bonds is 10. The Morgan fingerprint density at radius 3 is 2.32 bits per heavy atom. The highest BCUT2D eigenvalue weighted by atomic mass is 79.9. The molecule has 2 amide bonds. The molecule has 0 aliphatic rings. The van der Waals surface area contributed by atoms with Gasteiger partial charge in [0.1, 0.15) is 11.8 Å². The summed E-state index contributed by atoms with van der Waals surface area (Å²) in [6, 6.07) is 12.4. The number of amides is 2. The first-order chi connectivity index (χ1) is 14.7. The lowest BCUT2D eigenvalue weighted by Crippen LogP contribution is -2.49. The second-order valence-corrected chi connectivity index (χ2v) is 9.16. The lowest BCUT2D eigenvalue weighted by molar-refractivity contribution is -0.142. The molecule has 0 saturated heterocycles. The predicted molar refractivity (Wildman–Crippen MR) is 128 cm³/mol. The van der Waals surface area contributed by atoms with Crippen molar-refractivity contribution < 1.29 is 14.3 Å². The van der Waals surface area contributed by atoms with Crippen molar-refractivity contribution in [1.82, 2.24) is 10.2 Å². The topological polar surface area (TPSA) is 58.6 Å². The predicted octanol–water partition coefficient (Wildman–Crippen LogP) is 5.23. The van der Waals surface area contributed by atoms with Crippen LogP contribution in [0.15, 0.2) is 46.9 Å². The minimum absolute atomic E-state index is 0.167. The van der Waals surface area contributed by atoms with Gasteiger partial charge in [0, 0.05) is 18.1 Å². The normalized spacial score (nSPS) is 11.8. The molecule has 0 aliphatic carbocycles. The van der Waals surface area contributed by atoms with Crippen LogP contribution in [0.2, 0.25) is 5.02 Å². The molecule has 31 heavy (non-hydrogen) atoms. The Labute approximate surface area is 198 Å². The average molecular weight is 510 g/mol. The molecule has 0 saturated carbocycles. The van der Waals surface area contributed by atoms with Gasteiger partial charge in [-0.15, -0.1) is 0 Å². The summed E-state index contributed by atoms with van der Waals surface area (Å²) in [5, 5.41) is 3.52. The Balaban J connectivity index is 2.14. The second-order valence-electron chi connectivity index (χ2n) is 7.87. The summed E-state index contributed by atoms with van der Waals surface area (Å²) in [6.45, 7) is 8.53. The zero-order valence-corrected chi connectivity index (χ0v) is 20.8. The van der Waals surface area contributed by atoms with Gasteiger partial charge in [-0.05, 0) is 70.6 Å². The van der Waals surface area contributed by atoms with Gasteiger partial charge in [0.2, 0.25) is 5.91 Å². The Bertz CT molecular complexity index is 887. The van der Waals surface area contributed by atoms with E-state index in [4.69, 9.17) is 16.3 Å². The van der Waals surface area contributed by atoms with Crippen LogP contribution in [0.1, 0.15) is 38.8 Å². The van der Waals surface area contributed by atoms with Crippen LogP contribution >= 0.6 is 27.5 Å². The van der Waals surface area contributed by atoms with E-state index in [9.17, 15) is 9.59 Å². The highest BCUT2D eigenvalue weighted by Crippen LogP contribution is 2.26. The van der Waals surface area contributed by atoms with Crippen LogP contribution in [0, 0.1) is 5.92 Å². The molecule has 2 rings (SSSR count). The van der Waals surface area contributed by atoms with E-state index in [2.05, 4.69) is 28.2 Å². The van der Waals surface area contributed by atoms with Crippen molar-refractivity contribution in [3.05, 3.63) is 63.1 Å². The van der Waals surface area contributed by atoms with Crippen LogP contribution in [-0.2, 0) is 22.6 Å². The van der Waals surface area contributed by atoms with E-state index < -0.39 is 6.04 Å². The van der Waals surface area contributed by atoms with Crippen molar-refractivity contribution in [3.8, 4) is 5.75 Å². The molecule has 0 aromatic heterocycles. The van der Waals surface area contributed by atoms with Gasteiger partial charge >= 0.3 is 0 Å². The number of carbonyl (C=O) groups is 2. The van der Waals surface area contributed by atoms with Gasteiger partial charge in [0.15, 0.2) is 6.61 Å². The van der Waals surface area contributed by atoms with Crippen LogP contribution in [0.4, 0.5) is 0 Å². The number of hydrogen-bond donors (Lipinski definition) is 1. The monoisotopic (exact) mass is 508 g/mol. The fourth-order valence-corrected chi connectivity index (χ4v) is 3.59. The fourth-order valence-electron chi connectivity index (χ4n) is 2.93. The van der Waals surface area contributed by atoms with Crippen molar-refractivity contribution in [2.45, 2.75) is 46.7 Å². The zero-order valence-electron chi connectivity index (χ0n) is 18.5. The highest BCUT2D eigenvalue weighted by Gasteiger charge is 2.26. The van der Waals surface area contributed by atoms with Gasteiger partial charge in [0.05, 0.1) is 4.47 Å². The molecule has 0 aliphatic heterocycles. The number of halogens is 2. The standard InChI is InChI=1S/C24H30BrClN2O3/c1-5-18-8-11-22(21(25)12-18)31-15-23(29)28(14-19-6-9-20(26)10-7-19)17(4)24(30)27-13-16(2)3/h6-12,16-17H,5,13-15H2,1-4H3,(H,27,30). The summed E-state index contributed by atoms with van der Waals surface area (Å²) < 4.78 is 6.57. The van der Waals surface area contributed by atoms with Gasteiger partial charge in [-0.1, -0.05) is 50.6 Å². The Morgan fingerprint density at radius 2 is 1.74 bits per heavy atom. The smallest absolute Gasteiger partial charge is 0.261 e. The Morgan fingerprint density at radius 1 is 1.10 bits per heavy atom. The van der Waals surface area contributed by atoms with Gasteiger partial charge in [-0.2, -0.15) is 0 Å². The number of carbonyl (C=O) groups excluding carboxylic acids is 2. The van der Waals surface area contributed by atoms with Crippen molar-refractivity contribution >= 4 is 39.3 Å². The van der Waals surface area contributed by atoms with E-state index in [-0.39, 0.29) is 25.0 Å². The number of benzene rings is 2. The summed E-state index contributed by atoms with van der Waals surface area (Å²) in [6.07, 6.45) is 0.912. The third-order valence-electron chi connectivity index (χ3n) is 4.87. The Hall–Kier alpha value is -2.05. The molecule has 2 aromatic carbocycles. The molecule has 1 N–H and O–H groups in total. The maximum Gasteiger partial charge on any atom is 0.261 e. The summed E-state index contributed by atoms with van der Waals surface area (Å²) in [5.41, 5.74) is 2.06. The fraction of sp³-hybridized carbons (Fsp3) is 0.417. The molecule has 0 bridgehead atoms. The van der Waals surface area contributed by atoms with Gasteiger partial charge in [0.25, 0.3) is 5.91 Å². The van der Waals surface area contributed by atoms with Crippen LogP contribution in [-0.4, -0.2) is 35.9 Å². The second kappa shape index (κ2) is 12.1. The lowest BCUT2D eigenvalue weighted by Gasteiger charge is -2.29. The van der Waals surface area contributed by atoms with Gasteiger partial charge in [-0.25, -0.2) is 0 Å². The van der Waals surface area contributed by atoms with E-state index in [1.807, 2.05) is 44.2 Å². The minimum Gasteiger partial charge on any atom is -0.483 e. The number of nitrogens with zero attached hydrogens (tertiary/aromatic N) is 1. The number of aryl methyl sites for hydroxylation is 1. The third kappa shape index (κ3) is 7.86. The molecule has 168 valence electrons. The van der Waals surface area contributed by atoms with Crippen LogP contribution < -0.4 is 10.1 Å². The molecule has 7 heteroatoms. The molecular formula is C24H30BrClN2O3. The Kier molecular flexibility index (Phi) is 9.85. The van der Waals surface area contributed by atoms with E-state index in [0.29, 0.717) is 23.2 Å². The van der Waals surface area contributed by atoms with Gasteiger partial charge < -0.3 is 15.0 Å². The van der Waals surface area contributed by atoms with Crippen molar-refractivity contribution in [1.29, 1.82) is 0 Å². The van der Waals surface area contributed by atoms with Crippen LogP contribution in [0.5, 0.6) is 5.75 Å². The van der Waals surface area contributed by atoms with Crippen molar-refractivity contribution in [3.63, 3.8) is 0 Å². The average Bonchev–Trinajstić information content (AvgIpc) is 2.75. The largest absolute Gasteiger partial charge is 0.483 e. The quantitative estimate of drug-likeness (QED) is 0.477. The number of nitrogens with one attached hydrogen (secondary N) is 1. The first-order valence-corrected chi connectivity index (χ1v) is 11.6. The first kappa shape index (κ1) is 25.2. The van der Waals surface area contributed by atoms with Crippen LogP contribution in [0.25, 0.3) is 0 Å². The van der Waals surface area contributed by atoms with Gasteiger partial charge in [-0.3, -0.25) is 9.59 Å². The molecule has 1 unspecified atom stereocenters. The first-order valence-electron chi connectivity index (χ1n) is 10.4. The van der Waals surface area contributed by atoms with Crippen molar-refractivity contribution in [2.24, 2.45) is 5.92 Å². The molecule has 0 fully saturated rings. The van der Waals surface area contributed by atoms with E-state index >= 15 is 0 Å². The molecular weight excluding hydrogens is 480 g/mol. The third-order valence-corrected chi connectivity index (χ3v) is 5.75. The minimum atomic E-state index is -0.642. The molecule has 0 heterocycles. The molecule has 5 nitrogen and oxygen atoms in total. The SMILES string of the molecule is CCc1ccc(OCC(=O)N(Cc2ccc(Cl)cc2)C(C)C(=O)NCC(C)C)c(Br)c1. The highest BCUT2D eigenvalue weighted by molar-refractivity contribution is 9.10. The lowest BCUT2D eigenvalue weighted by atomic mass is 10.1. The van der Waals surface area contributed by atoms with Crippen molar-refractivity contribution in [2.75, 3.05) is 13.2 Å². The van der Waals surface area contributed by atoms with E-state index in [1.165, 1.54) is 10.5 Å². The number of hydrogen-bond acceptors (Lipinski definition) is 3. The molecule has 2 aromatic rings. The molecule has 0 spiro atoms. The van der Waals surface area contributed by atoms with Crippen LogP contribution in [0.3, 0.4) is 0 Å². The molecule has 0 radical (unpaired) electrons. The summed E-state index contributed by atoms with van der Waals surface area (Å²) >= 11 is 9.47. The molecule has 1 atom stereocenters. The summed E-state index contributed by atoms with van der Waals surface area (Å²) in [4.78, 5) is 27.3. The maximum atomic E-state index is 13.1.